The number of nitrogens with one attached hydrogen (secondary N) is 2. The van der Waals surface area contributed by atoms with Gasteiger partial charge in [0.05, 0.1) is 0 Å². The molecule has 0 bridgehead atoms. The second kappa shape index (κ2) is 7.68. The molecule has 0 aliphatic carbocycles. The maximum atomic E-state index is 12.7. The van der Waals surface area contributed by atoms with Crippen molar-refractivity contribution < 1.29 is 4.79 Å². The van der Waals surface area contributed by atoms with Gasteiger partial charge in [-0.2, -0.15) is 0 Å². The summed E-state index contributed by atoms with van der Waals surface area (Å²) in [6.45, 7) is 11.7. The smallest absolute Gasteiger partial charge is 0.272 e. The SMILES string of the molecule is CCN1CCN(c2ccc(NC(=O)c3cc4ccc(C)cc4[nH]3)c(C)c2)CC1. The van der Waals surface area contributed by atoms with Crippen LogP contribution in [0.4, 0.5) is 11.4 Å². The van der Waals surface area contributed by atoms with Gasteiger partial charge in [-0.1, -0.05) is 19.1 Å². The number of rotatable bonds is 4. The van der Waals surface area contributed by atoms with E-state index in [1.807, 2.05) is 25.1 Å². The Balaban J connectivity index is 1.47. The number of aromatic amines is 1. The summed E-state index contributed by atoms with van der Waals surface area (Å²) in [4.78, 5) is 20.8. The Labute approximate surface area is 166 Å². The molecule has 1 aromatic heterocycles. The second-order valence-electron chi connectivity index (χ2n) is 7.65. The van der Waals surface area contributed by atoms with Crippen LogP contribution < -0.4 is 10.2 Å². The predicted octanol–water partition coefficient (Wildman–Crippen LogP) is 4.18. The number of nitrogens with zero attached hydrogens (tertiary/aromatic N) is 2. The number of likely N-dealkylation sites (N-methyl/N-ethyl adjacent to an activating group) is 1. The number of aryl methyl sites for hydroxylation is 2. The standard InChI is InChI=1S/C23H28N4O/c1-4-26-9-11-27(12-10-26)19-7-8-20(17(3)14-19)25-23(28)22-15-18-6-5-16(2)13-21(18)24-22/h5-8,13-15,24H,4,9-12H2,1-3H3,(H,25,28). The molecular weight excluding hydrogens is 348 g/mol. The minimum absolute atomic E-state index is 0.110. The number of piperazine rings is 1. The summed E-state index contributed by atoms with van der Waals surface area (Å²) in [5.74, 6) is -0.110. The van der Waals surface area contributed by atoms with Crippen LogP contribution in [0, 0.1) is 13.8 Å². The Morgan fingerprint density at radius 2 is 1.82 bits per heavy atom. The van der Waals surface area contributed by atoms with Gasteiger partial charge in [0.25, 0.3) is 5.91 Å². The van der Waals surface area contributed by atoms with Crippen molar-refractivity contribution in [1.29, 1.82) is 0 Å². The number of carbonyl (C=O) groups is 1. The average molecular weight is 377 g/mol. The molecule has 2 aromatic carbocycles. The van der Waals surface area contributed by atoms with Crippen LogP contribution >= 0.6 is 0 Å². The van der Waals surface area contributed by atoms with E-state index in [0.717, 1.165) is 54.9 Å². The van der Waals surface area contributed by atoms with Crippen LogP contribution in [0.5, 0.6) is 0 Å². The number of benzene rings is 2. The van der Waals surface area contributed by atoms with Gasteiger partial charge >= 0.3 is 0 Å². The predicted molar refractivity (Wildman–Crippen MR) is 116 cm³/mol. The molecule has 2 heterocycles. The molecule has 4 rings (SSSR count). The van der Waals surface area contributed by atoms with Crippen molar-refractivity contribution >= 4 is 28.2 Å². The fraction of sp³-hybridized carbons (Fsp3) is 0.348. The van der Waals surface area contributed by atoms with Crippen molar-refractivity contribution in [3.05, 3.63) is 59.3 Å². The number of amides is 1. The van der Waals surface area contributed by atoms with Gasteiger partial charge in [-0.25, -0.2) is 0 Å². The summed E-state index contributed by atoms with van der Waals surface area (Å²) in [6, 6.07) is 14.4. The molecule has 2 N–H and O–H groups in total. The minimum Gasteiger partial charge on any atom is -0.369 e. The number of fused-ring (bicyclic) bond motifs is 1. The first-order chi connectivity index (χ1) is 13.5. The summed E-state index contributed by atoms with van der Waals surface area (Å²) >= 11 is 0. The molecular formula is C23H28N4O. The van der Waals surface area contributed by atoms with Crippen molar-refractivity contribution in [2.45, 2.75) is 20.8 Å². The highest BCUT2D eigenvalue weighted by atomic mass is 16.1. The number of hydrogen-bond donors (Lipinski definition) is 2. The quantitative estimate of drug-likeness (QED) is 0.718. The Hall–Kier alpha value is -2.79. The van der Waals surface area contributed by atoms with Crippen molar-refractivity contribution in [3.63, 3.8) is 0 Å². The van der Waals surface area contributed by atoms with Crippen LogP contribution in [-0.4, -0.2) is 48.5 Å². The number of hydrogen-bond acceptors (Lipinski definition) is 3. The van der Waals surface area contributed by atoms with E-state index >= 15 is 0 Å². The van der Waals surface area contributed by atoms with Crippen molar-refractivity contribution in [2.24, 2.45) is 0 Å². The summed E-state index contributed by atoms with van der Waals surface area (Å²) < 4.78 is 0. The van der Waals surface area contributed by atoms with Gasteiger partial charge < -0.3 is 20.1 Å². The average Bonchev–Trinajstić information content (AvgIpc) is 3.13. The number of H-pyrrole nitrogens is 1. The largest absolute Gasteiger partial charge is 0.369 e. The van der Waals surface area contributed by atoms with Crippen molar-refractivity contribution in [3.8, 4) is 0 Å². The summed E-state index contributed by atoms with van der Waals surface area (Å²) in [5.41, 5.74) is 5.91. The molecule has 5 heteroatoms. The molecule has 3 aromatic rings. The first-order valence-electron chi connectivity index (χ1n) is 10.0. The summed E-state index contributed by atoms with van der Waals surface area (Å²) in [6.07, 6.45) is 0. The van der Waals surface area contributed by atoms with Gasteiger partial charge in [0.15, 0.2) is 0 Å². The van der Waals surface area contributed by atoms with E-state index in [1.165, 1.54) is 11.3 Å². The molecule has 1 aliphatic rings. The molecule has 1 fully saturated rings. The van der Waals surface area contributed by atoms with Crippen LogP contribution in [0.3, 0.4) is 0 Å². The molecule has 1 amide bonds. The third-order valence-corrected chi connectivity index (χ3v) is 5.67. The van der Waals surface area contributed by atoms with Crippen LogP contribution in [0.15, 0.2) is 42.5 Å². The topological polar surface area (TPSA) is 51.4 Å². The zero-order valence-corrected chi connectivity index (χ0v) is 16.9. The Morgan fingerprint density at radius 3 is 2.54 bits per heavy atom. The molecule has 0 spiro atoms. The maximum Gasteiger partial charge on any atom is 0.272 e. The first-order valence-corrected chi connectivity index (χ1v) is 10.0. The monoisotopic (exact) mass is 376 g/mol. The number of anilines is 2. The fourth-order valence-corrected chi connectivity index (χ4v) is 3.86. The molecule has 28 heavy (non-hydrogen) atoms. The van der Waals surface area contributed by atoms with Gasteiger partial charge in [-0.05, 0) is 61.9 Å². The van der Waals surface area contributed by atoms with E-state index in [0.29, 0.717) is 5.69 Å². The lowest BCUT2D eigenvalue weighted by molar-refractivity contribution is 0.102. The lowest BCUT2D eigenvalue weighted by Gasteiger charge is -2.35. The van der Waals surface area contributed by atoms with Gasteiger partial charge in [0.2, 0.25) is 0 Å². The molecule has 146 valence electrons. The van der Waals surface area contributed by atoms with Crippen LogP contribution in [0.25, 0.3) is 10.9 Å². The van der Waals surface area contributed by atoms with Gasteiger partial charge in [-0.3, -0.25) is 4.79 Å². The zero-order valence-electron chi connectivity index (χ0n) is 16.9. The summed E-state index contributed by atoms with van der Waals surface area (Å²) in [7, 11) is 0. The lowest BCUT2D eigenvalue weighted by atomic mass is 10.1. The molecule has 0 atom stereocenters. The van der Waals surface area contributed by atoms with E-state index in [-0.39, 0.29) is 5.91 Å². The molecule has 5 nitrogen and oxygen atoms in total. The van der Waals surface area contributed by atoms with Crippen LogP contribution in [-0.2, 0) is 0 Å². The molecule has 0 unspecified atom stereocenters. The molecule has 1 saturated heterocycles. The Kier molecular flexibility index (Phi) is 5.09. The summed E-state index contributed by atoms with van der Waals surface area (Å²) in [5, 5.41) is 4.10. The highest BCUT2D eigenvalue weighted by Crippen LogP contribution is 2.25. The van der Waals surface area contributed by atoms with E-state index in [1.54, 1.807) is 0 Å². The minimum atomic E-state index is -0.110. The Bertz CT molecular complexity index is 999. The number of aromatic nitrogens is 1. The second-order valence-corrected chi connectivity index (χ2v) is 7.65. The number of carbonyl (C=O) groups excluding carboxylic acids is 1. The Morgan fingerprint density at radius 1 is 1.04 bits per heavy atom. The fourth-order valence-electron chi connectivity index (χ4n) is 3.86. The highest BCUT2D eigenvalue weighted by Gasteiger charge is 2.17. The van der Waals surface area contributed by atoms with Crippen molar-refractivity contribution in [2.75, 3.05) is 42.9 Å². The first kappa shape index (κ1) is 18.6. The van der Waals surface area contributed by atoms with Crippen LogP contribution in [0.1, 0.15) is 28.5 Å². The molecule has 1 aliphatic heterocycles. The zero-order chi connectivity index (χ0) is 19.7. The highest BCUT2D eigenvalue weighted by molar-refractivity contribution is 6.06. The normalized spacial score (nSPS) is 15.2. The third-order valence-electron chi connectivity index (χ3n) is 5.67. The van der Waals surface area contributed by atoms with Gasteiger partial charge in [0.1, 0.15) is 5.69 Å². The van der Waals surface area contributed by atoms with E-state index in [4.69, 9.17) is 0 Å². The van der Waals surface area contributed by atoms with Gasteiger partial charge in [0, 0.05) is 48.5 Å². The molecule has 0 saturated carbocycles. The maximum absolute atomic E-state index is 12.7. The van der Waals surface area contributed by atoms with E-state index in [2.05, 4.69) is 58.2 Å². The van der Waals surface area contributed by atoms with E-state index < -0.39 is 0 Å². The van der Waals surface area contributed by atoms with E-state index in [9.17, 15) is 4.79 Å². The van der Waals surface area contributed by atoms with Crippen LogP contribution in [0.2, 0.25) is 0 Å². The van der Waals surface area contributed by atoms with Gasteiger partial charge in [-0.15, -0.1) is 0 Å². The third kappa shape index (κ3) is 3.76. The lowest BCUT2D eigenvalue weighted by Crippen LogP contribution is -2.46. The van der Waals surface area contributed by atoms with Crippen molar-refractivity contribution in [1.82, 2.24) is 9.88 Å². The molecule has 0 radical (unpaired) electrons.